The molecule has 100 valence electrons. The lowest BCUT2D eigenvalue weighted by Crippen LogP contribution is -1.97. The van der Waals surface area contributed by atoms with E-state index in [1.807, 2.05) is 24.3 Å². The van der Waals surface area contributed by atoms with Crippen LogP contribution in [-0.2, 0) is 6.42 Å². The van der Waals surface area contributed by atoms with Crippen LogP contribution in [0.4, 0.5) is 4.39 Å². The number of alkyl halides is 1. The van der Waals surface area contributed by atoms with Crippen LogP contribution in [0, 0.1) is 5.82 Å². The van der Waals surface area contributed by atoms with Crippen LogP contribution in [0.15, 0.2) is 42.5 Å². The number of ether oxygens (including phenoxy) is 1. The van der Waals surface area contributed by atoms with Crippen LogP contribution in [0.2, 0.25) is 5.02 Å². The zero-order valence-corrected chi connectivity index (χ0v) is 11.9. The van der Waals surface area contributed by atoms with Crippen molar-refractivity contribution in [2.75, 3.05) is 7.11 Å². The molecule has 0 heterocycles. The summed E-state index contributed by atoms with van der Waals surface area (Å²) in [4.78, 5) is 0. The van der Waals surface area contributed by atoms with E-state index < -0.39 is 5.82 Å². The van der Waals surface area contributed by atoms with Gasteiger partial charge in [-0.3, -0.25) is 0 Å². The van der Waals surface area contributed by atoms with Gasteiger partial charge in [-0.1, -0.05) is 29.8 Å². The summed E-state index contributed by atoms with van der Waals surface area (Å²) < 4.78 is 18.3. The molecule has 19 heavy (non-hydrogen) atoms. The molecule has 0 amide bonds. The lowest BCUT2D eigenvalue weighted by molar-refractivity contribution is 0.414. The molecule has 0 spiro atoms. The third-order valence-corrected chi connectivity index (χ3v) is 3.55. The molecule has 0 fully saturated rings. The Hall–Kier alpha value is -1.25. The Morgan fingerprint density at radius 3 is 2.68 bits per heavy atom. The summed E-state index contributed by atoms with van der Waals surface area (Å²) in [7, 11) is 1.62. The fraction of sp³-hybridized carbons (Fsp3) is 0.200. The highest BCUT2D eigenvalue weighted by Crippen LogP contribution is 2.29. The van der Waals surface area contributed by atoms with Crippen LogP contribution >= 0.6 is 23.2 Å². The van der Waals surface area contributed by atoms with E-state index in [1.165, 1.54) is 6.07 Å². The van der Waals surface area contributed by atoms with Gasteiger partial charge < -0.3 is 4.74 Å². The molecule has 0 aliphatic heterocycles. The first kappa shape index (κ1) is 14.2. The molecule has 0 saturated heterocycles. The summed E-state index contributed by atoms with van der Waals surface area (Å²) in [5, 5.41) is -0.168. The molecule has 0 radical (unpaired) electrons. The Morgan fingerprint density at radius 1 is 1.21 bits per heavy atom. The first-order chi connectivity index (χ1) is 9.10. The van der Waals surface area contributed by atoms with Crippen molar-refractivity contribution < 1.29 is 9.13 Å². The summed E-state index contributed by atoms with van der Waals surface area (Å²) >= 11 is 12.1. The minimum atomic E-state index is -0.435. The van der Waals surface area contributed by atoms with Crippen molar-refractivity contribution in [3.05, 3.63) is 64.4 Å². The number of methoxy groups -OCH3 is 1. The van der Waals surface area contributed by atoms with Crippen molar-refractivity contribution in [3.8, 4) is 5.75 Å². The molecule has 1 nitrogen and oxygen atoms in total. The molecule has 2 rings (SSSR count). The van der Waals surface area contributed by atoms with Gasteiger partial charge >= 0.3 is 0 Å². The Morgan fingerprint density at radius 2 is 2.00 bits per heavy atom. The molecule has 0 bridgehead atoms. The van der Waals surface area contributed by atoms with Gasteiger partial charge in [-0.25, -0.2) is 4.39 Å². The standard InChI is InChI=1S/C15H13Cl2FO/c1-19-12-4-2-3-10(7-12)8-13(16)11-5-6-15(18)14(17)9-11/h2-7,9,13H,8H2,1H3. The molecule has 0 aromatic heterocycles. The SMILES string of the molecule is COc1cccc(CC(Cl)c2ccc(F)c(Cl)c2)c1. The summed E-state index contributed by atoms with van der Waals surface area (Å²) in [5.74, 6) is 0.356. The molecular weight excluding hydrogens is 286 g/mol. The van der Waals surface area contributed by atoms with Crippen LogP contribution in [0.3, 0.4) is 0 Å². The van der Waals surface area contributed by atoms with Gasteiger partial charge in [-0.05, 0) is 41.8 Å². The van der Waals surface area contributed by atoms with Gasteiger partial charge in [-0.2, -0.15) is 0 Å². The van der Waals surface area contributed by atoms with E-state index in [1.54, 1.807) is 19.2 Å². The molecule has 2 aromatic rings. The van der Waals surface area contributed by atoms with Gasteiger partial charge in [0.2, 0.25) is 0 Å². The van der Waals surface area contributed by atoms with Crippen LogP contribution in [0.5, 0.6) is 5.75 Å². The molecule has 0 aliphatic carbocycles. The molecule has 0 N–H and O–H groups in total. The maximum atomic E-state index is 13.1. The number of halogens is 3. The van der Waals surface area contributed by atoms with Gasteiger partial charge in [0.25, 0.3) is 0 Å². The van der Waals surface area contributed by atoms with Crippen molar-refractivity contribution in [1.29, 1.82) is 0 Å². The highest BCUT2D eigenvalue weighted by atomic mass is 35.5. The van der Waals surface area contributed by atoms with E-state index in [0.717, 1.165) is 16.9 Å². The monoisotopic (exact) mass is 298 g/mol. The van der Waals surface area contributed by atoms with E-state index >= 15 is 0 Å². The average Bonchev–Trinajstić information content (AvgIpc) is 2.42. The van der Waals surface area contributed by atoms with Crippen LogP contribution in [0.1, 0.15) is 16.5 Å². The fourth-order valence-electron chi connectivity index (χ4n) is 1.83. The van der Waals surface area contributed by atoms with E-state index in [9.17, 15) is 4.39 Å². The molecule has 4 heteroatoms. The number of hydrogen-bond donors (Lipinski definition) is 0. The van der Waals surface area contributed by atoms with Crippen LogP contribution in [0.25, 0.3) is 0 Å². The van der Waals surface area contributed by atoms with Gasteiger partial charge in [-0.15, -0.1) is 11.6 Å². The van der Waals surface area contributed by atoms with E-state index in [0.29, 0.717) is 6.42 Å². The Bertz CT molecular complexity index is 572. The van der Waals surface area contributed by atoms with E-state index in [4.69, 9.17) is 27.9 Å². The minimum Gasteiger partial charge on any atom is -0.497 e. The predicted molar refractivity (Wildman–Crippen MR) is 76.7 cm³/mol. The van der Waals surface area contributed by atoms with Gasteiger partial charge in [0, 0.05) is 0 Å². The zero-order valence-electron chi connectivity index (χ0n) is 10.4. The number of benzene rings is 2. The van der Waals surface area contributed by atoms with Crippen molar-refractivity contribution in [2.24, 2.45) is 0 Å². The maximum Gasteiger partial charge on any atom is 0.141 e. The molecular formula is C15H13Cl2FO. The fourth-order valence-corrected chi connectivity index (χ4v) is 2.33. The van der Waals surface area contributed by atoms with E-state index in [2.05, 4.69) is 0 Å². The van der Waals surface area contributed by atoms with Crippen molar-refractivity contribution >= 4 is 23.2 Å². The number of hydrogen-bond acceptors (Lipinski definition) is 1. The Balaban J connectivity index is 2.15. The average molecular weight is 299 g/mol. The Labute approximate surface area is 121 Å². The minimum absolute atomic E-state index is 0.0915. The van der Waals surface area contributed by atoms with E-state index in [-0.39, 0.29) is 10.4 Å². The van der Waals surface area contributed by atoms with Gasteiger partial charge in [0.05, 0.1) is 17.5 Å². The molecule has 0 saturated carbocycles. The van der Waals surface area contributed by atoms with Crippen molar-refractivity contribution in [1.82, 2.24) is 0 Å². The second kappa shape index (κ2) is 6.27. The summed E-state index contributed by atoms with van der Waals surface area (Å²) in [5.41, 5.74) is 1.86. The molecule has 2 aromatic carbocycles. The molecule has 1 unspecified atom stereocenters. The second-order valence-electron chi connectivity index (χ2n) is 4.20. The van der Waals surface area contributed by atoms with Crippen molar-refractivity contribution in [2.45, 2.75) is 11.8 Å². The smallest absolute Gasteiger partial charge is 0.141 e. The van der Waals surface area contributed by atoms with Crippen molar-refractivity contribution in [3.63, 3.8) is 0 Å². The zero-order chi connectivity index (χ0) is 13.8. The first-order valence-electron chi connectivity index (χ1n) is 5.82. The Kier molecular flexibility index (Phi) is 4.67. The first-order valence-corrected chi connectivity index (χ1v) is 6.63. The van der Waals surface area contributed by atoms with Gasteiger partial charge in [0.1, 0.15) is 11.6 Å². The summed E-state index contributed by atoms with van der Waals surface area (Å²) in [6, 6.07) is 12.2. The normalized spacial score (nSPS) is 12.2. The second-order valence-corrected chi connectivity index (χ2v) is 5.13. The lowest BCUT2D eigenvalue weighted by Gasteiger charge is -2.11. The predicted octanol–water partition coefficient (Wildman–Crippen LogP) is 5.01. The molecule has 1 atom stereocenters. The quantitative estimate of drug-likeness (QED) is 0.721. The van der Waals surface area contributed by atoms with Crippen LogP contribution < -0.4 is 4.74 Å². The molecule has 0 aliphatic rings. The van der Waals surface area contributed by atoms with Crippen LogP contribution in [-0.4, -0.2) is 7.11 Å². The topological polar surface area (TPSA) is 9.23 Å². The largest absolute Gasteiger partial charge is 0.497 e. The third kappa shape index (κ3) is 3.62. The number of rotatable bonds is 4. The maximum absolute atomic E-state index is 13.1. The summed E-state index contributed by atoms with van der Waals surface area (Å²) in [6.45, 7) is 0. The van der Waals surface area contributed by atoms with Gasteiger partial charge in [0.15, 0.2) is 0 Å². The highest BCUT2D eigenvalue weighted by Gasteiger charge is 2.11. The third-order valence-electron chi connectivity index (χ3n) is 2.85. The highest BCUT2D eigenvalue weighted by molar-refractivity contribution is 6.31. The summed E-state index contributed by atoms with van der Waals surface area (Å²) in [6.07, 6.45) is 0.626. The lowest BCUT2D eigenvalue weighted by atomic mass is 10.0.